The van der Waals surface area contributed by atoms with Crippen molar-refractivity contribution in [1.29, 1.82) is 0 Å². The van der Waals surface area contributed by atoms with Crippen LogP contribution in [0.3, 0.4) is 0 Å². The Balaban J connectivity index is 1.93. The van der Waals surface area contributed by atoms with Crippen molar-refractivity contribution in [3.63, 3.8) is 0 Å². The number of aromatic nitrogens is 2. The maximum absolute atomic E-state index is 12.4. The average Bonchev–Trinajstić information content (AvgIpc) is 2.97. The third-order valence-corrected chi connectivity index (χ3v) is 5.14. The van der Waals surface area contributed by atoms with Crippen molar-refractivity contribution >= 4 is 5.97 Å². The second kappa shape index (κ2) is 10.3. The smallest absolute Gasteiger partial charge is 0.349 e. The van der Waals surface area contributed by atoms with Crippen LogP contribution in [0.5, 0.6) is 5.75 Å². The molecule has 0 atom stereocenters. The van der Waals surface area contributed by atoms with Crippen LogP contribution in [0.15, 0.2) is 46.9 Å². The highest BCUT2D eigenvalue weighted by molar-refractivity contribution is 5.79. The summed E-state index contributed by atoms with van der Waals surface area (Å²) in [6.07, 6.45) is 6.66. The van der Waals surface area contributed by atoms with E-state index in [4.69, 9.17) is 9.47 Å². The van der Waals surface area contributed by atoms with E-state index in [0.717, 1.165) is 25.0 Å². The van der Waals surface area contributed by atoms with Crippen molar-refractivity contribution < 1.29 is 14.3 Å². The predicted molar refractivity (Wildman–Crippen MR) is 119 cm³/mol. The molecule has 164 valence electrons. The molecule has 0 saturated carbocycles. The molecule has 0 saturated heterocycles. The molecule has 0 spiro atoms. The van der Waals surface area contributed by atoms with Gasteiger partial charge in [0.25, 0.3) is 0 Å². The molecule has 0 radical (unpaired) electrons. The van der Waals surface area contributed by atoms with Gasteiger partial charge < -0.3 is 9.47 Å². The molecule has 1 aromatic heterocycles. The SMILES string of the molecule is C/C=C(\C)Cn1cc(CCCc2ccc(OC(C)(C)C(=O)OCC)cc2)n(C)c1=O. The van der Waals surface area contributed by atoms with E-state index < -0.39 is 5.60 Å². The Kier molecular flexibility index (Phi) is 8.09. The minimum Gasteiger partial charge on any atom is -0.476 e. The maximum atomic E-state index is 12.4. The third-order valence-electron chi connectivity index (χ3n) is 5.14. The van der Waals surface area contributed by atoms with Crippen molar-refractivity contribution in [2.24, 2.45) is 7.05 Å². The van der Waals surface area contributed by atoms with Crippen LogP contribution >= 0.6 is 0 Å². The monoisotopic (exact) mass is 414 g/mol. The van der Waals surface area contributed by atoms with Crippen molar-refractivity contribution in [3.8, 4) is 5.75 Å². The van der Waals surface area contributed by atoms with Gasteiger partial charge in [0.15, 0.2) is 5.60 Å². The van der Waals surface area contributed by atoms with Crippen molar-refractivity contribution in [2.75, 3.05) is 6.61 Å². The number of esters is 1. The van der Waals surface area contributed by atoms with Gasteiger partial charge in [-0.25, -0.2) is 9.59 Å². The van der Waals surface area contributed by atoms with Crippen molar-refractivity contribution in [1.82, 2.24) is 9.13 Å². The number of hydrogen-bond acceptors (Lipinski definition) is 4. The number of allylic oxidation sites excluding steroid dienone is 2. The Morgan fingerprint density at radius 1 is 1.17 bits per heavy atom. The van der Waals surface area contributed by atoms with Gasteiger partial charge in [-0.3, -0.25) is 9.13 Å². The van der Waals surface area contributed by atoms with Gasteiger partial charge in [-0.1, -0.05) is 23.8 Å². The Labute approximate surface area is 179 Å². The van der Waals surface area contributed by atoms with Crippen molar-refractivity contribution in [2.45, 2.75) is 66.0 Å². The van der Waals surface area contributed by atoms with Crippen molar-refractivity contribution in [3.05, 3.63) is 63.9 Å². The van der Waals surface area contributed by atoms with Crippen LogP contribution in [0.4, 0.5) is 0 Å². The molecule has 6 heteroatoms. The van der Waals surface area contributed by atoms with E-state index >= 15 is 0 Å². The number of rotatable bonds is 10. The summed E-state index contributed by atoms with van der Waals surface area (Å²) in [6.45, 7) is 10.2. The molecular formula is C24H34N2O4. The quantitative estimate of drug-likeness (QED) is 0.435. The Morgan fingerprint density at radius 2 is 1.83 bits per heavy atom. The van der Waals surface area contributed by atoms with Gasteiger partial charge in [-0.05, 0) is 71.6 Å². The standard InChI is InChI=1S/C24H34N2O4/c1-7-18(3)16-26-17-20(25(6)23(26)28)11-9-10-19-12-14-21(15-13-19)30-24(4,5)22(27)29-8-2/h7,12-15,17H,8-11,16H2,1-6H3/b18-7+. The summed E-state index contributed by atoms with van der Waals surface area (Å²) < 4.78 is 14.3. The van der Waals surface area contributed by atoms with E-state index in [1.54, 1.807) is 29.9 Å². The maximum Gasteiger partial charge on any atom is 0.349 e. The van der Waals surface area contributed by atoms with Crippen LogP contribution in [0.2, 0.25) is 0 Å². The Morgan fingerprint density at radius 3 is 2.43 bits per heavy atom. The second-order valence-corrected chi connectivity index (χ2v) is 8.06. The highest BCUT2D eigenvalue weighted by Crippen LogP contribution is 2.21. The number of benzene rings is 1. The van der Waals surface area contributed by atoms with Crippen LogP contribution in [-0.4, -0.2) is 27.3 Å². The van der Waals surface area contributed by atoms with Gasteiger partial charge in [0.05, 0.1) is 6.61 Å². The molecule has 0 aliphatic carbocycles. The van der Waals surface area contributed by atoms with E-state index in [0.29, 0.717) is 18.9 Å². The first-order chi connectivity index (χ1) is 14.2. The molecule has 0 unspecified atom stereocenters. The lowest BCUT2D eigenvalue weighted by Gasteiger charge is -2.24. The number of aryl methyl sites for hydroxylation is 2. The zero-order valence-electron chi connectivity index (χ0n) is 19.0. The number of ether oxygens (including phenoxy) is 2. The molecule has 0 fully saturated rings. The predicted octanol–water partition coefficient (Wildman–Crippen LogP) is 4.05. The highest BCUT2D eigenvalue weighted by atomic mass is 16.6. The number of hydrogen-bond donors (Lipinski definition) is 0. The summed E-state index contributed by atoms with van der Waals surface area (Å²) in [5.74, 6) is 0.256. The fourth-order valence-corrected chi connectivity index (χ4v) is 3.18. The summed E-state index contributed by atoms with van der Waals surface area (Å²) in [5, 5.41) is 0. The number of carbonyl (C=O) groups excluding carboxylic acids is 1. The summed E-state index contributed by atoms with van der Waals surface area (Å²) >= 11 is 0. The van der Waals surface area contributed by atoms with Crippen LogP contribution in [-0.2, 0) is 36.0 Å². The molecule has 30 heavy (non-hydrogen) atoms. The van der Waals surface area contributed by atoms with E-state index in [1.807, 2.05) is 57.4 Å². The number of imidazole rings is 1. The van der Waals surface area contributed by atoms with Crippen LogP contribution < -0.4 is 10.4 Å². The number of nitrogens with zero attached hydrogens (tertiary/aromatic N) is 2. The average molecular weight is 415 g/mol. The Bertz CT molecular complexity index is 933. The fraction of sp³-hybridized carbons (Fsp3) is 0.500. The molecule has 1 aromatic carbocycles. The molecule has 0 amide bonds. The lowest BCUT2D eigenvalue weighted by Crippen LogP contribution is -2.39. The lowest BCUT2D eigenvalue weighted by molar-refractivity contribution is -0.158. The molecule has 6 nitrogen and oxygen atoms in total. The zero-order chi connectivity index (χ0) is 22.3. The van der Waals surface area contributed by atoms with Gasteiger partial charge in [-0.2, -0.15) is 0 Å². The van der Waals surface area contributed by atoms with Crippen LogP contribution in [0.25, 0.3) is 0 Å². The van der Waals surface area contributed by atoms with E-state index in [1.165, 1.54) is 11.1 Å². The first kappa shape index (κ1) is 23.5. The highest BCUT2D eigenvalue weighted by Gasteiger charge is 2.31. The van der Waals surface area contributed by atoms with Gasteiger partial charge in [0, 0.05) is 25.5 Å². The van der Waals surface area contributed by atoms with E-state index in [-0.39, 0.29) is 11.7 Å². The zero-order valence-corrected chi connectivity index (χ0v) is 19.0. The van der Waals surface area contributed by atoms with Gasteiger partial charge >= 0.3 is 11.7 Å². The topological polar surface area (TPSA) is 62.5 Å². The molecular weight excluding hydrogens is 380 g/mol. The third kappa shape index (κ3) is 6.12. The molecule has 2 aromatic rings. The fourth-order valence-electron chi connectivity index (χ4n) is 3.18. The minimum atomic E-state index is -1.03. The molecule has 0 aliphatic rings. The largest absolute Gasteiger partial charge is 0.476 e. The van der Waals surface area contributed by atoms with E-state index in [9.17, 15) is 9.59 Å². The molecule has 2 rings (SSSR count). The van der Waals surface area contributed by atoms with Gasteiger partial charge in [0.2, 0.25) is 0 Å². The summed E-state index contributed by atoms with van der Waals surface area (Å²) in [7, 11) is 1.83. The van der Waals surface area contributed by atoms with Gasteiger partial charge in [0.1, 0.15) is 5.75 Å². The first-order valence-corrected chi connectivity index (χ1v) is 10.5. The van der Waals surface area contributed by atoms with E-state index in [2.05, 4.69) is 0 Å². The summed E-state index contributed by atoms with van der Waals surface area (Å²) in [5.41, 5.74) is 2.39. The molecule has 0 aliphatic heterocycles. The van der Waals surface area contributed by atoms with Crippen LogP contribution in [0.1, 0.15) is 52.3 Å². The molecule has 0 N–H and O–H groups in total. The van der Waals surface area contributed by atoms with Crippen LogP contribution in [0, 0.1) is 0 Å². The van der Waals surface area contributed by atoms with Gasteiger partial charge in [-0.15, -0.1) is 0 Å². The lowest BCUT2D eigenvalue weighted by atomic mass is 10.1. The minimum absolute atomic E-state index is 0.0249. The summed E-state index contributed by atoms with van der Waals surface area (Å²) in [4.78, 5) is 24.3. The molecule has 0 bridgehead atoms. The second-order valence-electron chi connectivity index (χ2n) is 8.06. The number of carbonyl (C=O) groups is 1. The molecule has 1 heterocycles. The normalized spacial score (nSPS) is 12.1. The first-order valence-electron chi connectivity index (χ1n) is 10.5. The Hall–Kier alpha value is -2.76. The summed E-state index contributed by atoms with van der Waals surface area (Å²) in [6, 6.07) is 7.77.